The number of amides is 2. The molecule has 160 valence electrons. The molecule has 3 rings (SSSR count). The lowest BCUT2D eigenvalue weighted by Gasteiger charge is -2.13. The number of halogens is 2. The SMILES string of the molecule is Cc1cc(C)cc(NC(=O)C(C)Sc2ccc(NC(=O)c3ccc(Cl)cc3Cl)cc2)c1. The van der Waals surface area contributed by atoms with E-state index in [9.17, 15) is 9.59 Å². The van der Waals surface area contributed by atoms with Gasteiger partial charge < -0.3 is 10.6 Å². The largest absolute Gasteiger partial charge is 0.325 e. The average molecular weight is 473 g/mol. The molecular formula is C24H22Cl2N2O2S. The highest BCUT2D eigenvalue weighted by Gasteiger charge is 2.15. The van der Waals surface area contributed by atoms with Crippen LogP contribution in [0.1, 0.15) is 28.4 Å². The Morgan fingerprint density at radius 2 is 1.48 bits per heavy atom. The van der Waals surface area contributed by atoms with E-state index in [2.05, 4.69) is 16.7 Å². The zero-order valence-electron chi connectivity index (χ0n) is 17.3. The van der Waals surface area contributed by atoms with Crippen molar-refractivity contribution in [1.29, 1.82) is 0 Å². The summed E-state index contributed by atoms with van der Waals surface area (Å²) in [6, 6.07) is 18.0. The standard InChI is InChI=1S/C24H22Cl2N2O2S/c1-14-10-15(2)12-19(11-14)28-23(29)16(3)31-20-7-5-18(6-8-20)27-24(30)21-9-4-17(25)13-22(21)26/h4-13,16H,1-3H3,(H,27,30)(H,28,29). The van der Waals surface area contributed by atoms with E-state index in [1.165, 1.54) is 17.8 Å². The third-order valence-electron chi connectivity index (χ3n) is 4.46. The summed E-state index contributed by atoms with van der Waals surface area (Å²) >= 11 is 13.4. The van der Waals surface area contributed by atoms with Crippen LogP contribution in [0.15, 0.2) is 65.6 Å². The summed E-state index contributed by atoms with van der Waals surface area (Å²) < 4.78 is 0. The number of nitrogens with one attached hydrogen (secondary N) is 2. The molecule has 0 aromatic heterocycles. The van der Waals surface area contributed by atoms with Crippen LogP contribution in [0.3, 0.4) is 0 Å². The van der Waals surface area contributed by atoms with E-state index in [0.717, 1.165) is 21.7 Å². The minimum absolute atomic E-state index is 0.0650. The highest BCUT2D eigenvalue weighted by Crippen LogP contribution is 2.27. The summed E-state index contributed by atoms with van der Waals surface area (Å²) in [5.41, 5.74) is 3.99. The van der Waals surface area contributed by atoms with E-state index in [1.54, 1.807) is 24.3 Å². The molecular weight excluding hydrogens is 451 g/mol. The van der Waals surface area contributed by atoms with Gasteiger partial charge in [0.2, 0.25) is 5.91 Å². The van der Waals surface area contributed by atoms with Crippen LogP contribution in [-0.4, -0.2) is 17.1 Å². The van der Waals surface area contributed by atoms with Crippen LogP contribution in [0, 0.1) is 13.8 Å². The van der Waals surface area contributed by atoms with E-state index < -0.39 is 0 Å². The maximum Gasteiger partial charge on any atom is 0.257 e. The van der Waals surface area contributed by atoms with Gasteiger partial charge in [0.25, 0.3) is 5.91 Å². The first-order chi connectivity index (χ1) is 14.7. The van der Waals surface area contributed by atoms with E-state index in [0.29, 0.717) is 21.3 Å². The second-order valence-electron chi connectivity index (χ2n) is 7.23. The van der Waals surface area contributed by atoms with Crippen LogP contribution in [-0.2, 0) is 4.79 Å². The molecule has 2 N–H and O–H groups in total. The first-order valence-electron chi connectivity index (χ1n) is 9.63. The molecule has 0 saturated heterocycles. The van der Waals surface area contributed by atoms with Gasteiger partial charge in [-0.25, -0.2) is 0 Å². The molecule has 4 nitrogen and oxygen atoms in total. The van der Waals surface area contributed by atoms with Crippen LogP contribution in [0.25, 0.3) is 0 Å². The number of anilines is 2. The van der Waals surface area contributed by atoms with Crippen molar-refractivity contribution in [3.8, 4) is 0 Å². The van der Waals surface area contributed by atoms with Gasteiger partial charge in [-0.15, -0.1) is 11.8 Å². The molecule has 0 heterocycles. The molecule has 0 bridgehead atoms. The minimum Gasteiger partial charge on any atom is -0.325 e. The van der Waals surface area contributed by atoms with E-state index in [4.69, 9.17) is 23.2 Å². The Kier molecular flexibility index (Phi) is 7.65. The molecule has 2 amide bonds. The second-order valence-corrected chi connectivity index (χ2v) is 9.49. The molecule has 1 atom stereocenters. The predicted octanol–water partition coefficient (Wildman–Crippen LogP) is 6.98. The van der Waals surface area contributed by atoms with Gasteiger partial charge in [0.15, 0.2) is 0 Å². The summed E-state index contributed by atoms with van der Waals surface area (Å²) in [6.07, 6.45) is 0. The first kappa shape index (κ1) is 23.2. The fourth-order valence-electron chi connectivity index (χ4n) is 3.04. The Bertz CT molecular complexity index is 1100. The lowest BCUT2D eigenvalue weighted by molar-refractivity contribution is -0.115. The summed E-state index contributed by atoms with van der Waals surface area (Å²) in [5, 5.41) is 6.26. The zero-order valence-corrected chi connectivity index (χ0v) is 19.7. The van der Waals surface area contributed by atoms with Gasteiger partial charge in [-0.05, 0) is 86.5 Å². The lowest BCUT2D eigenvalue weighted by Crippen LogP contribution is -2.22. The smallest absolute Gasteiger partial charge is 0.257 e. The van der Waals surface area contributed by atoms with Gasteiger partial charge in [-0.2, -0.15) is 0 Å². The molecule has 0 aliphatic carbocycles. The van der Waals surface area contributed by atoms with Crippen LogP contribution >= 0.6 is 35.0 Å². The lowest BCUT2D eigenvalue weighted by atomic mass is 10.1. The predicted molar refractivity (Wildman–Crippen MR) is 131 cm³/mol. The average Bonchev–Trinajstić information content (AvgIpc) is 2.68. The number of thioether (sulfide) groups is 1. The Labute approximate surface area is 196 Å². The van der Waals surface area contributed by atoms with Crippen molar-refractivity contribution in [1.82, 2.24) is 0 Å². The topological polar surface area (TPSA) is 58.2 Å². The maximum atomic E-state index is 12.6. The van der Waals surface area contributed by atoms with Crippen molar-refractivity contribution in [3.63, 3.8) is 0 Å². The van der Waals surface area contributed by atoms with E-state index in [-0.39, 0.29) is 17.1 Å². The van der Waals surface area contributed by atoms with Crippen molar-refractivity contribution in [2.45, 2.75) is 30.9 Å². The second kappa shape index (κ2) is 10.2. The number of rotatable bonds is 6. The van der Waals surface area contributed by atoms with Crippen LogP contribution in [0.2, 0.25) is 10.0 Å². The molecule has 0 radical (unpaired) electrons. The van der Waals surface area contributed by atoms with E-state index in [1.807, 2.05) is 45.0 Å². The Balaban J connectivity index is 1.59. The van der Waals surface area contributed by atoms with Crippen molar-refractivity contribution in [2.24, 2.45) is 0 Å². The first-order valence-corrected chi connectivity index (χ1v) is 11.3. The molecule has 31 heavy (non-hydrogen) atoms. The number of carbonyl (C=O) groups is 2. The maximum absolute atomic E-state index is 12.6. The number of hydrogen-bond donors (Lipinski definition) is 2. The van der Waals surface area contributed by atoms with Gasteiger partial charge in [0.1, 0.15) is 0 Å². The van der Waals surface area contributed by atoms with Crippen LogP contribution < -0.4 is 10.6 Å². The quantitative estimate of drug-likeness (QED) is 0.380. The molecule has 0 saturated carbocycles. The van der Waals surface area contributed by atoms with Crippen molar-refractivity contribution < 1.29 is 9.59 Å². The third-order valence-corrected chi connectivity index (χ3v) is 6.12. The Hall–Kier alpha value is -2.47. The molecule has 7 heteroatoms. The summed E-state index contributed by atoms with van der Waals surface area (Å²) in [6.45, 7) is 5.87. The summed E-state index contributed by atoms with van der Waals surface area (Å²) in [7, 11) is 0. The molecule has 0 aliphatic rings. The van der Waals surface area contributed by atoms with E-state index >= 15 is 0 Å². The number of aryl methyl sites for hydroxylation is 2. The summed E-state index contributed by atoms with van der Waals surface area (Å²) in [4.78, 5) is 25.9. The zero-order chi connectivity index (χ0) is 22.5. The van der Waals surface area contributed by atoms with Crippen molar-refractivity contribution >= 4 is 58.2 Å². The Morgan fingerprint density at radius 1 is 0.839 bits per heavy atom. The highest BCUT2D eigenvalue weighted by molar-refractivity contribution is 8.00. The fourth-order valence-corrected chi connectivity index (χ4v) is 4.40. The van der Waals surface area contributed by atoms with Crippen LogP contribution in [0.5, 0.6) is 0 Å². The molecule has 0 fully saturated rings. The minimum atomic E-state index is -0.316. The van der Waals surface area contributed by atoms with Crippen molar-refractivity contribution in [3.05, 3.63) is 87.4 Å². The molecule has 3 aromatic rings. The van der Waals surface area contributed by atoms with Crippen molar-refractivity contribution in [2.75, 3.05) is 10.6 Å². The number of hydrogen-bond acceptors (Lipinski definition) is 3. The molecule has 1 unspecified atom stereocenters. The van der Waals surface area contributed by atoms with Crippen LogP contribution in [0.4, 0.5) is 11.4 Å². The highest BCUT2D eigenvalue weighted by atomic mass is 35.5. The molecule has 0 aliphatic heterocycles. The Morgan fingerprint density at radius 3 is 2.10 bits per heavy atom. The van der Waals surface area contributed by atoms with Gasteiger partial charge in [-0.1, -0.05) is 29.3 Å². The number of benzene rings is 3. The van der Waals surface area contributed by atoms with Gasteiger partial charge in [-0.3, -0.25) is 9.59 Å². The normalized spacial score (nSPS) is 11.6. The third kappa shape index (κ3) is 6.50. The number of carbonyl (C=O) groups excluding carboxylic acids is 2. The fraction of sp³-hybridized carbons (Fsp3) is 0.167. The van der Waals surface area contributed by atoms with Gasteiger partial charge in [0.05, 0.1) is 15.8 Å². The monoisotopic (exact) mass is 472 g/mol. The molecule has 0 spiro atoms. The summed E-state index contributed by atoms with van der Waals surface area (Å²) in [5.74, 6) is -0.381. The van der Waals surface area contributed by atoms with Gasteiger partial charge >= 0.3 is 0 Å². The van der Waals surface area contributed by atoms with Gasteiger partial charge in [0, 0.05) is 21.3 Å². The molecule has 3 aromatic carbocycles.